The summed E-state index contributed by atoms with van der Waals surface area (Å²) in [6.45, 7) is 0.481. The van der Waals surface area contributed by atoms with Gasteiger partial charge in [0, 0.05) is 40.7 Å². The Kier molecular flexibility index (Phi) is 4.80. The maximum atomic E-state index is 13.3. The molecule has 1 aliphatic heterocycles. The van der Waals surface area contributed by atoms with Gasteiger partial charge in [0.15, 0.2) is 0 Å². The fourth-order valence-corrected chi connectivity index (χ4v) is 3.97. The lowest BCUT2D eigenvalue weighted by molar-refractivity contribution is -0.116. The van der Waals surface area contributed by atoms with Crippen LogP contribution < -0.4 is 0 Å². The quantitative estimate of drug-likeness (QED) is 0.716. The number of nitrogens with zero attached hydrogens (tertiary/aromatic N) is 1. The van der Waals surface area contributed by atoms with Gasteiger partial charge in [-0.3, -0.25) is 4.90 Å². The Morgan fingerprint density at radius 3 is 2.39 bits per heavy atom. The van der Waals surface area contributed by atoms with Gasteiger partial charge in [0.1, 0.15) is 12.3 Å². The molecule has 1 fully saturated rings. The molecular weight excluding hydrogens is 340 g/mol. The first kappa shape index (κ1) is 16.6. The summed E-state index contributed by atoms with van der Waals surface area (Å²) in [4.78, 5) is 15.3. The molecule has 122 valence electrons. The molecule has 0 saturated carbocycles. The predicted octanol–water partition coefficient (Wildman–Crippen LogP) is 5.04. The maximum absolute atomic E-state index is 13.3. The molecule has 1 aromatic heterocycles. The van der Waals surface area contributed by atoms with E-state index in [-0.39, 0.29) is 25.9 Å². The van der Waals surface area contributed by atoms with E-state index in [0.29, 0.717) is 5.02 Å². The van der Waals surface area contributed by atoms with Crippen LogP contribution in [0.3, 0.4) is 0 Å². The summed E-state index contributed by atoms with van der Waals surface area (Å²) >= 11 is 7.41. The van der Waals surface area contributed by atoms with Crippen molar-refractivity contribution >= 4 is 29.2 Å². The number of carbonyl (C=O) groups is 1. The first-order valence-electron chi connectivity index (χ1n) is 7.41. The molecule has 0 radical (unpaired) electrons. The summed E-state index contributed by atoms with van der Waals surface area (Å²) in [6.07, 6.45) is 0.473. The Labute approximate surface area is 142 Å². The highest BCUT2D eigenvalue weighted by Gasteiger charge is 2.36. The van der Waals surface area contributed by atoms with Gasteiger partial charge >= 0.3 is 0 Å². The number of rotatable bonds is 4. The average molecular weight is 356 g/mol. The summed E-state index contributed by atoms with van der Waals surface area (Å²) in [5, 5.41) is 0.672. The Hall–Kier alpha value is -1.30. The standard InChI is InChI=1S/C17H16ClF2NOS/c18-13-3-1-12(2-4-13)15-5-6-16(23-15)14(11-22)21-9-7-17(19,20)8-10-21/h1-6,11,14H,7-10H2/t14-/m0/s1. The van der Waals surface area contributed by atoms with E-state index in [1.807, 2.05) is 41.3 Å². The topological polar surface area (TPSA) is 20.3 Å². The van der Waals surface area contributed by atoms with E-state index in [0.717, 1.165) is 21.6 Å². The van der Waals surface area contributed by atoms with Crippen LogP contribution >= 0.6 is 22.9 Å². The van der Waals surface area contributed by atoms with Crippen molar-refractivity contribution in [1.29, 1.82) is 0 Å². The van der Waals surface area contributed by atoms with Crippen molar-refractivity contribution in [3.8, 4) is 10.4 Å². The van der Waals surface area contributed by atoms with Gasteiger partial charge in [0.25, 0.3) is 5.92 Å². The van der Waals surface area contributed by atoms with E-state index in [4.69, 9.17) is 11.6 Å². The first-order valence-corrected chi connectivity index (χ1v) is 8.61. The minimum Gasteiger partial charge on any atom is -0.301 e. The van der Waals surface area contributed by atoms with E-state index in [9.17, 15) is 13.6 Å². The summed E-state index contributed by atoms with van der Waals surface area (Å²) < 4.78 is 26.6. The zero-order chi connectivity index (χ0) is 16.4. The van der Waals surface area contributed by atoms with E-state index >= 15 is 0 Å². The van der Waals surface area contributed by atoms with E-state index in [2.05, 4.69) is 0 Å². The lowest BCUT2D eigenvalue weighted by atomic mass is 10.0. The van der Waals surface area contributed by atoms with Gasteiger partial charge in [-0.15, -0.1) is 11.3 Å². The van der Waals surface area contributed by atoms with Crippen molar-refractivity contribution < 1.29 is 13.6 Å². The fraction of sp³-hybridized carbons (Fsp3) is 0.353. The molecule has 0 bridgehead atoms. The fourth-order valence-electron chi connectivity index (χ4n) is 2.74. The normalized spacial score (nSPS) is 19.4. The van der Waals surface area contributed by atoms with Crippen LogP contribution in [0.4, 0.5) is 8.78 Å². The first-order chi connectivity index (χ1) is 11.0. The van der Waals surface area contributed by atoms with Crippen molar-refractivity contribution in [2.75, 3.05) is 13.1 Å². The lowest BCUT2D eigenvalue weighted by Gasteiger charge is -2.34. The third-order valence-corrected chi connectivity index (χ3v) is 5.56. The highest BCUT2D eigenvalue weighted by Crippen LogP contribution is 2.36. The van der Waals surface area contributed by atoms with Gasteiger partial charge < -0.3 is 4.79 Å². The second kappa shape index (κ2) is 6.67. The Morgan fingerprint density at radius 1 is 1.13 bits per heavy atom. The van der Waals surface area contributed by atoms with E-state index in [1.165, 1.54) is 11.3 Å². The van der Waals surface area contributed by atoms with Crippen LogP contribution in [0, 0.1) is 0 Å². The van der Waals surface area contributed by atoms with Crippen LogP contribution in [0.15, 0.2) is 36.4 Å². The molecule has 2 aromatic rings. The van der Waals surface area contributed by atoms with Crippen molar-refractivity contribution in [2.24, 2.45) is 0 Å². The molecule has 2 nitrogen and oxygen atoms in total. The Balaban J connectivity index is 1.78. The molecule has 0 N–H and O–H groups in total. The highest BCUT2D eigenvalue weighted by molar-refractivity contribution is 7.15. The minimum absolute atomic E-state index is 0.188. The molecule has 1 saturated heterocycles. The molecule has 1 aromatic carbocycles. The van der Waals surface area contributed by atoms with Crippen LogP contribution in [0.25, 0.3) is 10.4 Å². The molecular formula is C17H16ClF2NOS. The third-order valence-electron chi connectivity index (χ3n) is 4.10. The SMILES string of the molecule is O=C[C@@H](c1ccc(-c2ccc(Cl)cc2)s1)N1CCC(F)(F)CC1. The van der Waals surface area contributed by atoms with E-state index in [1.54, 1.807) is 0 Å². The van der Waals surface area contributed by atoms with Gasteiger partial charge in [-0.25, -0.2) is 8.78 Å². The van der Waals surface area contributed by atoms with Crippen molar-refractivity contribution in [2.45, 2.75) is 24.8 Å². The largest absolute Gasteiger partial charge is 0.301 e. The zero-order valence-corrected chi connectivity index (χ0v) is 13.9. The number of hydrogen-bond acceptors (Lipinski definition) is 3. The van der Waals surface area contributed by atoms with Crippen molar-refractivity contribution in [3.05, 3.63) is 46.3 Å². The minimum atomic E-state index is -2.60. The van der Waals surface area contributed by atoms with Gasteiger partial charge in [-0.2, -0.15) is 0 Å². The Bertz CT molecular complexity index is 676. The average Bonchev–Trinajstić information content (AvgIpc) is 3.00. The second-order valence-corrected chi connectivity index (χ2v) is 7.23. The number of likely N-dealkylation sites (tertiary alicyclic amines) is 1. The van der Waals surface area contributed by atoms with Crippen LogP contribution in [-0.2, 0) is 4.79 Å². The van der Waals surface area contributed by atoms with Gasteiger partial charge in [-0.1, -0.05) is 23.7 Å². The number of aldehydes is 1. The molecule has 2 heterocycles. The Morgan fingerprint density at radius 2 is 1.78 bits per heavy atom. The molecule has 23 heavy (non-hydrogen) atoms. The predicted molar refractivity (Wildman–Crippen MR) is 89.3 cm³/mol. The molecule has 1 aliphatic rings. The van der Waals surface area contributed by atoms with Crippen LogP contribution in [0.1, 0.15) is 23.8 Å². The number of piperidine rings is 1. The summed E-state index contributed by atoms with van der Waals surface area (Å²) in [5.41, 5.74) is 1.03. The number of thiophene rings is 1. The van der Waals surface area contributed by atoms with Gasteiger partial charge in [0.05, 0.1) is 0 Å². The number of carbonyl (C=O) groups excluding carboxylic acids is 1. The molecule has 0 amide bonds. The molecule has 6 heteroatoms. The summed E-state index contributed by atoms with van der Waals surface area (Å²) in [6, 6.07) is 10.9. The van der Waals surface area contributed by atoms with Crippen LogP contribution in [-0.4, -0.2) is 30.2 Å². The van der Waals surface area contributed by atoms with Crippen LogP contribution in [0.5, 0.6) is 0 Å². The molecule has 0 unspecified atom stereocenters. The van der Waals surface area contributed by atoms with Crippen LogP contribution in [0.2, 0.25) is 5.02 Å². The molecule has 1 atom stereocenters. The number of benzene rings is 1. The van der Waals surface area contributed by atoms with Gasteiger partial charge in [0.2, 0.25) is 0 Å². The molecule has 0 aliphatic carbocycles. The zero-order valence-electron chi connectivity index (χ0n) is 12.3. The van der Waals surface area contributed by atoms with Crippen molar-refractivity contribution in [1.82, 2.24) is 4.90 Å². The molecule has 0 spiro atoms. The van der Waals surface area contributed by atoms with E-state index < -0.39 is 12.0 Å². The third kappa shape index (κ3) is 3.79. The number of alkyl halides is 2. The highest BCUT2D eigenvalue weighted by atomic mass is 35.5. The summed E-state index contributed by atoms with van der Waals surface area (Å²) in [5.74, 6) is -2.60. The molecule has 3 rings (SSSR count). The van der Waals surface area contributed by atoms with Crippen molar-refractivity contribution in [3.63, 3.8) is 0 Å². The maximum Gasteiger partial charge on any atom is 0.250 e. The second-order valence-electron chi connectivity index (χ2n) is 5.68. The number of hydrogen-bond donors (Lipinski definition) is 0. The number of halogens is 3. The summed E-state index contributed by atoms with van der Waals surface area (Å²) in [7, 11) is 0. The van der Waals surface area contributed by atoms with Gasteiger partial charge in [-0.05, 0) is 29.8 Å². The lowest BCUT2D eigenvalue weighted by Crippen LogP contribution is -2.41. The monoisotopic (exact) mass is 355 g/mol. The smallest absolute Gasteiger partial charge is 0.250 e.